The van der Waals surface area contributed by atoms with E-state index in [4.69, 9.17) is 0 Å². The summed E-state index contributed by atoms with van der Waals surface area (Å²) >= 11 is 0. The number of carbonyl (C=O) groups is 2. The molecule has 6 nitrogen and oxygen atoms in total. The van der Waals surface area contributed by atoms with Gasteiger partial charge >= 0.3 is 0 Å². The van der Waals surface area contributed by atoms with Crippen LogP contribution in [0.5, 0.6) is 0 Å². The van der Waals surface area contributed by atoms with Crippen molar-refractivity contribution < 1.29 is 9.59 Å². The minimum atomic E-state index is -0.462. The topological polar surface area (TPSA) is 67.2 Å². The van der Waals surface area contributed by atoms with E-state index in [0.29, 0.717) is 18.8 Å². The molecule has 1 aliphatic heterocycles. The number of nitrogens with zero attached hydrogens (tertiary/aromatic N) is 3. The van der Waals surface area contributed by atoms with Gasteiger partial charge in [0.2, 0.25) is 11.8 Å². The van der Waals surface area contributed by atoms with E-state index in [2.05, 4.69) is 10.4 Å². The summed E-state index contributed by atoms with van der Waals surface area (Å²) in [5.41, 5.74) is 1.81. The van der Waals surface area contributed by atoms with Gasteiger partial charge < -0.3 is 10.2 Å². The van der Waals surface area contributed by atoms with Gasteiger partial charge in [-0.2, -0.15) is 0 Å². The highest BCUT2D eigenvalue weighted by Crippen LogP contribution is 2.22. The Morgan fingerprint density at radius 2 is 1.96 bits per heavy atom. The maximum atomic E-state index is 12.8. The Labute approximate surface area is 147 Å². The van der Waals surface area contributed by atoms with E-state index in [9.17, 15) is 9.59 Å². The molecule has 0 spiro atoms. The number of rotatable bonds is 5. The molecule has 1 fully saturated rings. The van der Waals surface area contributed by atoms with Gasteiger partial charge in [-0.05, 0) is 31.4 Å². The highest BCUT2D eigenvalue weighted by atomic mass is 16.2. The fraction of sp³-hybridized carbons (Fsp3) is 0.421. The summed E-state index contributed by atoms with van der Waals surface area (Å²) in [4.78, 5) is 26.6. The third-order valence-corrected chi connectivity index (χ3v) is 4.51. The highest BCUT2D eigenvalue weighted by molar-refractivity contribution is 5.97. The largest absolute Gasteiger partial charge is 0.330 e. The van der Waals surface area contributed by atoms with Crippen LogP contribution in [0.1, 0.15) is 32.3 Å². The second-order valence-corrected chi connectivity index (χ2v) is 6.81. The van der Waals surface area contributed by atoms with Gasteiger partial charge in [0, 0.05) is 24.7 Å². The lowest BCUT2D eigenvalue weighted by Crippen LogP contribution is -2.48. The van der Waals surface area contributed by atoms with E-state index in [-0.39, 0.29) is 17.7 Å². The number of carbonyl (C=O) groups excluding carboxylic acids is 2. The maximum absolute atomic E-state index is 12.8. The zero-order valence-electron chi connectivity index (χ0n) is 14.9. The summed E-state index contributed by atoms with van der Waals surface area (Å²) in [6, 6.07) is 9.28. The van der Waals surface area contributed by atoms with Gasteiger partial charge in [0.1, 0.15) is 6.04 Å². The molecule has 1 N–H and O–H groups in total. The van der Waals surface area contributed by atoms with Crippen molar-refractivity contribution in [3.63, 3.8) is 0 Å². The molecule has 2 heterocycles. The van der Waals surface area contributed by atoms with Crippen molar-refractivity contribution in [3.8, 4) is 5.69 Å². The lowest BCUT2D eigenvalue weighted by molar-refractivity contribution is -0.136. The molecule has 1 saturated heterocycles. The Morgan fingerprint density at radius 3 is 2.56 bits per heavy atom. The third-order valence-electron chi connectivity index (χ3n) is 4.51. The number of aromatic nitrogens is 2. The fourth-order valence-electron chi connectivity index (χ4n) is 3.25. The van der Waals surface area contributed by atoms with Gasteiger partial charge in [-0.15, -0.1) is 5.10 Å². The lowest BCUT2D eigenvalue weighted by Gasteiger charge is -2.29. The van der Waals surface area contributed by atoms with Crippen LogP contribution in [-0.2, 0) is 9.59 Å². The van der Waals surface area contributed by atoms with Crippen molar-refractivity contribution in [3.05, 3.63) is 42.1 Å². The quantitative estimate of drug-likeness (QED) is 0.910. The van der Waals surface area contributed by atoms with Crippen LogP contribution >= 0.6 is 0 Å². The Bertz CT molecular complexity index is 767. The fourth-order valence-corrected chi connectivity index (χ4v) is 3.25. The van der Waals surface area contributed by atoms with Crippen LogP contribution in [0.2, 0.25) is 0 Å². The van der Waals surface area contributed by atoms with Crippen LogP contribution in [-0.4, -0.2) is 39.1 Å². The van der Waals surface area contributed by atoms with Gasteiger partial charge in [-0.1, -0.05) is 32.0 Å². The van der Waals surface area contributed by atoms with Crippen LogP contribution in [0, 0.1) is 12.8 Å². The van der Waals surface area contributed by atoms with Crippen LogP contribution in [0.15, 0.2) is 36.5 Å². The van der Waals surface area contributed by atoms with Crippen LogP contribution in [0.4, 0.5) is 5.82 Å². The normalized spacial score (nSPS) is 15.7. The first-order valence-corrected chi connectivity index (χ1v) is 8.69. The number of benzene rings is 1. The van der Waals surface area contributed by atoms with Crippen LogP contribution < -0.4 is 5.32 Å². The van der Waals surface area contributed by atoms with Crippen molar-refractivity contribution in [2.24, 2.45) is 5.92 Å². The molecular formula is C19H24N4O2. The molecule has 0 radical (unpaired) electrons. The second-order valence-electron chi connectivity index (χ2n) is 6.81. The predicted octanol–water partition coefficient (Wildman–Crippen LogP) is 2.77. The van der Waals surface area contributed by atoms with Crippen LogP contribution in [0.3, 0.4) is 0 Å². The van der Waals surface area contributed by atoms with Gasteiger partial charge in [0.15, 0.2) is 5.82 Å². The molecule has 1 aromatic heterocycles. The minimum Gasteiger partial charge on any atom is -0.330 e. The van der Waals surface area contributed by atoms with E-state index < -0.39 is 6.04 Å². The van der Waals surface area contributed by atoms with Crippen molar-refractivity contribution >= 4 is 17.6 Å². The first kappa shape index (κ1) is 17.2. The molecule has 2 aromatic rings. The molecule has 6 heteroatoms. The molecule has 0 saturated carbocycles. The second kappa shape index (κ2) is 7.09. The number of anilines is 1. The highest BCUT2D eigenvalue weighted by Gasteiger charge is 2.35. The minimum absolute atomic E-state index is 0.0403. The zero-order valence-corrected chi connectivity index (χ0v) is 14.9. The Balaban J connectivity index is 1.80. The van der Waals surface area contributed by atoms with Crippen molar-refractivity contribution in [1.82, 2.24) is 14.7 Å². The number of para-hydroxylation sites is 1. The smallest absolute Gasteiger partial charge is 0.248 e. The molecule has 1 aromatic carbocycles. The van der Waals surface area contributed by atoms with Crippen molar-refractivity contribution in [2.75, 3.05) is 11.9 Å². The average Bonchev–Trinajstić information content (AvgIpc) is 3.15. The summed E-state index contributed by atoms with van der Waals surface area (Å²) in [6.07, 6.45) is 3.23. The molecule has 2 amide bonds. The molecule has 132 valence electrons. The molecule has 1 atom stereocenters. The van der Waals surface area contributed by atoms with E-state index >= 15 is 0 Å². The molecule has 0 bridgehead atoms. The summed E-state index contributed by atoms with van der Waals surface area (Å²) in [7, 11) is 0. The molecule has 3 rings (SSSR count). The molecule has 1 unspecified atom stereocenters. The van der Waals surface area contributed by atoms with Gasteiger partial charge in [-0.25, -0.2) is 4.68 Å². The number of amides is 2. The van der Waals surface area contributed by atoms with Crippen molar-refractivity contribution in [1.29, 1.82) is 0 Å². The molecule has 0 aliphatic carbocycles. The summed E-state index contributed by atoms with van der Waals surface area (Å²) < 4.78 is 1.75. The summed E-state index contributed by atoms with van der Waals surface area (Å²) in [6.45, 7) is 6.48. The molecule has 25 heavy (non-hydrogen) atoms. The van der Waals surface area contributed by atoms with E-state index in [1.807, 2.05) is 57.3 Å². The Morgan fingerprint density at radius 1 is 1.24 bits per heavy atom. The maximum Gasteiger partial charge on any atom is 0.248 e. The van der Waals surface area contributed by atoms with Gasteiger partial charge in [-0.3, -0.25) is 9.59 Å². The number of hydrogen-bond donors (Lipinski definition) is 1. The van der Waals surface area contributed by atoms with Gasteiger partial charge in [0.25, 0.3) is 0 Å². The van der Waals surface area contributed by atoms with E-state index in [1.54, 1.807) is 9.58 Å². The molecule has 1 aliphatic rings. The summed E-state index contributed by atoms with van der Waals surface area (Å²) in [5, 5.41) is 7.40. The molecular weight excluding hydrogens is 316 g/mol. The standard InChI is InChI=1S/C19H24N4O2/c1-13(2)17(22-11-7-10-16(22)24)19(25)20-18-14(3)12-23(21-18)15-8-5-4-6-9-15/h4-6,8-9,12-13,17H,7,10-11H2,1-3H3,(H,20,21,25). The van der Waals surface area contributed by atoms with Gasteiger partial charge in [0.05, 0.1) is 5.69 Å². The number of likely N-dealkylation sites (tertiary alicyclic amines) is 1. The monoisotopic (exact) mass is 340 g/mol. The van der Waals surface area contributed by atoms with Crippen molar-refractivity contribution in [2.45, 2.75) is 39.7 Å². The zero-order chi connectivity index (χ0) is 18.0. The van der Waals surface area contributed by atoms with Crippen LogP contribution in [0.25, 0.3) is 5.69 Å². The first-order valence-electron chi connectivity index (χ1n) is 8.69. The number of aryl methyl sites for hydroxylation is 1. The average molecular weight is 340 g/mol. The van der Waals surface area contributed by atoms with E-state index in [0.717, 1.165) is 17.7 Å². The number of hydrogen-bond acceptors (Lipinski definition) is 3. The third kappa shape index (κ3) is 3.57. The Kier molecular flexibility index (Phi) is 4.88. The SMILES string of the molecule is Cc1cn(-c2ccccc2)nc1NC(=O)C(C(C)C)N1CCCC1=O. The summed E-state index contributed by atoms with van der Waals surface area (Å²) in [5.74, 6) is 0.455. The first-order chi connectivity index (χ1) is 12.0. The lowest BCUT2D eigenvalue weighted by atomic mass is 10.0. The number of nitrogens with one attached hydrogen (secondary N) is 1. The predicted molar refractivity (Wildman–Crippen MR) is 96.5 cm³/mol. The Hall–Kier alpha value is -2.63. The van der Waals surface area contributed by atoms with E-state index in [1.165, 1.54) is 0 Å².